The van der Waals surface area contributed by atoms with Gasteiger partial charge in [-0.05, 0) is 37.8 Å². The molecule has 0 unspecified atom stereocenters. The molecule has 0 saturated carbocycles. The lowest BCUT2D eigenvalue weighted by molar-refractivity contribution is -0.150. The molecule has 2 fully saturated rings. The van der Waals surface area contributed by atoms with Crippen molar-refractivity contribution in [2.75, 3.05) is 19.0 Å². The van der Waals surface area contributed by atoms with E-state index in [1.54, 1.807) is 6.92 Å². The summed E-state index contributed by atoms with van der Waals surface area (Å²) in [5, 5.41) is 3.45. The number of methoxy groups -OCH3 is 1. The van der Waals surface area contributed by atoms with Crippen molar-refractivity contribution < 1.29 is 19.1 Å². The molecule has 1 N–H and O–H groups in total. The van der Waals surface area contributed by atoms with Crippen LogP contribution in [-0.4, -0.2) is 42.3 Å². The lowest BCUT2D eigenvalue weighted by Gasteiger charge is -2.54. The number of Topliss-reactive ketones (excluding diaryl/α,β-unsaturated/α-hetero) is 1. The minimum atomic E-state index is -0.740. The van der Waals surface area contributed by atoms with Gasteiger partial charge in [0.1, 0.15) is 5.78 Å². The van der Waals surface area contributed by atoms with Crippen LogP contribution < -0.4 is 5.32 Å². The first-order chi connectivity index (χ1) is 13.0. The molecule has 1 aromatic rings. The highest BCUT2D eigenvalue weighted by Crippen LogP contribution is 2.64. The molecule has 27 heavy (non-hydrogen) atoms. The van der Waals surface area contributed by atoms with Crippen molar-refractivity contribution in [2.24, 2.45) is 5.41 Å². The fourth-order valence-electron chi connectivity index (χ4n) is 6.11. The number of amides is 1. The monoisotopic (exact) mass is 366 g/mol. The smallest absolute Gasteiger partial charge is 0.335 e. The van der Waals surface area contributed by atoms with Crippen LogP contribution in [0.4, 0.5) is 5.69 Å². The highest BCUT2D eigenvalue weighted by Gasteiger charge is 2.69. The first kappa shape index (κ1) is 16.5. The fraction of sp³-hybridized carbons (Fsp3) is 0.476. The van der Waals surface area contributed by atoms with E-state index in [4.69, 9.17) is 4.74 Å². The molecule has 6 heteroatoms. The number of anilines is 1. The molecular formula is C21H22N2O4. The molecule has 1 aliphatic carbocycles. The third-order valence-corrected chi connectivity index (χ3v) is 7.19. The predicted molar refractivity (Wildman–Crippen MR) is 97.9 cm³/mol. The van der Waals surface area contributed by atoms with E-state index in [0.29, 0.717) is 37.8 Å². The third-order valence-electron chi connectivity index (χ3n) is 7.19. The number of carbonyl (C=O) groups excluding carboxylic acids is 3. The Hall–Kier alpha value is -2.63. The lowest BCUT2D eigenvalue weighted by Crippen LogP contribution is -2.63. The zero-order valence-corrected chi connectivity index (χ0v) is 15.5. The van der Waals surface area contributed by atoms with E-state index in [1.807, 2.05) is 23.1 Å². The third kappa shape index (κ3) is 1.78. The zero-order valence-electron chi connectivity index (χ0n) is 15.5. The Balaban J connectivity index is 1.85. The molecule has 0 radical (unpaired) electrons. The number of carbonyl (C=O) groups is 3. The van der Waals surface area contributed by atoms with Crippen LogP contribution >= 0.6 is 0 Å². The summed E-state index contributed by atoms with van der Waals surface area (Å²) in [6.45, 7) is 2.21. The summed E-state index contributed by atoms with van der Waals surface area (Å²) in [5.41, 5.74) is 2.13. The number of fused-ring (bicyclic) bond motifs is 1. The Kier molecular flexibility index (Phi) is 3.19. The van der Waals surface area contributed by atoms with Crippen LogP contribution in [0.25, 0.3) is 0 Å². The fourth-order valence-corrected chi connectivity index (χ4v) is 6.11. The highest BCUT2D eigenvalue weighted by atomic mass is 16.5. The molecule has 2 saturated heterocycles. The van der Waals surface area contributed by atoms with Crippen LogP contribution in [-0.2, 0) is 24.5 Å². The maximum atomic E-state index is 13.0. The molecule has 1 spiro atoms. The van der Waals surface area contributed by atoms with Crippen LogP contribution in [0.2, 0.25) is 0 Å². The molecule has 5 rings (SSSR count). The van der Waals surface area contributed by atoms with Crippen molar-refractivity contribution >= 4 is 23.3 Å². The number of para-hydroxylation sites is 1. The molecular weight excluding hydrogens is 344 g/mol. The number of benzene rings is 1. The van der Waals surface area contributed by atoms with Gasteiger partial charge in [-0.2, -0.15) is 0 Å². The zero-order chi connectivity index (χ0) is 19.0. The maximum absolute atomic E-state index is 13.0. The van der Waals surface area contributed by atoms with E-state index in [1.165, 1.54) is 7.11 Å². The SMILES string of the molecule is COC(=O)C1=C2Nc3ccccc3[C@]23CCN2C(=O)CC[C@](C(C)=O)(C1)[C@@H]23. The molecule has 0 bridgehead atoms. The molecule has 3 atom stereocenters. The summed E-state index contributed by atoms with van der Waals surface area (Å²) in [6.07, 6.45) is 1.87. The first-order valence-electron chi connectivity index (χ1n) is 9.45. The van der Waals surface area contributed by atoms with E-state index in [9.17, 15) is 14.4 Å². The quantitative estimate of drug-likeness (QED) is 0.812. The second-order valence-electron chi connectivity index (χ2n) is 8.12. The van der Waals surface area contributed by atoms with Gasteiger partial charge >= 0.3 is 5.97 Å². The van der Waals surface area contributed by atoms with Crippen molar-refractivity contribution in [1.82, 2.24) is 4.90 Å². The molecule has 1 amide bonds. The second-order valence-corrected chi connectivity index (χ2v) is 8.12. The lowest BCUT2D eigenvalue weighted by atomic mass is 9.53. The number of nitrogens with one attached hydrogen (secondary N) is 1. The largest absolute Gasteiger partial charge is 0.466 e. The predicted octanol–water partition coefficient (Wildman–Crippen LogP) is 2.15. The summed E-state index contributed by atoms with van der Waals surface area (Å²) >= 11 is 0. The van der Waals surface area contributed by atoms with Gasteiger partial charge in [-0.15, -0.1) is 0 Å². The van der Waals surface area contributed by atoms with Crippen molar-refractivity contribution in [1.29, 1.82) is 0 Å². The molecule has 1 aromatic carbocycles. The van der Waals surface area contributed by atoms with Crippen molar-refractivity contribution in [2.45, 2.75) is 44.1 Å². The summed E-state index contributed by atoms with van der Waals surface area (Å²) in [6, 6.07) is 7.74. The van der Waals surface area contributed by atoms with Crippen LogP contribution in [0.15, 0.2) is 35.5 Å². The first-order valence-corrected chi connectivity index (χ1v) is 9.45. The van der Waals surface area contributed by atoms with Gasteiger partial charge in [-0.25, -0.2) is 4.79 Å². The second kappa shape index (κ2) is 5.21. The summed E-state index contributed by atoms with van der Waals surface area (Å²) in [7, 11) is 1.38. The van der Waals surface area contributed by atoms with E-state index in [2.05, 4.69) is 11.4 Å². The van der Waals surface area contributed by atoms with Gasteiger partial charge < -0.3 is 15.0 Å². The Labute approximate surface area is 157 Å². The van der Waals surface area contributed by atoms with E-state index in [-0.39, 0.29) is 23.7 Å². The number of piperidine rings is 1. The van der Waals surface area contributed by atoms with Crippen molar-refractivity contribution in [3.63, 3.8) is 0 Å². The minimum absolute atomic E-state index is 0.0520. The minimum Gasteiger partial charge on any atom is -0.466 e. The van der Waals surface area contributed by atoms with Gasteiger partial charge in [0.25, 0.3) is 0 Å². The molecule has 3 aliphatic heterocycles. The normalized spacial score (nSPS) is 33.2. The number of esters is 1. The van der Waals surface area contributed by atoms with Crippen LogP contribution in [0.3, 0.4) is 0 Å². The summed E-state index contributed by atoms with van der Waals surface area (Å²) in [4.78, 5) is 40.4. The van der Waals surface area contributed by atoms with Gasteiger partial charge in [0.05, 0.1) is 29.6 Å². The van der Waals surface area contributed by atoms with Crippen molar-refractivity contribution in [3.05, 3.63) is 41.1 Å². The molecule has 140 valence electrons. The maximum Gasteiger partial charge on any atom is 0.335 e. The Morgan fingerprint density at radius 2 is 2.04 bits per heavy atom. The Morgan fingerprint density at radius 1 is 1.26 bits per heavy atom. The summed E-state index contributed by atoms with van der Waals surface area (Å²) < 4.78 is 5.10. The standard InChI is InChI=1S/C21H22N2O4/c1-12(24)20-8-7-16(25)23-10-9-21(19(20)23)14-5-3-4-6-15(14)22-17(21)13(11-20)18(26)27-2/h3-6,19,22H,7-11H2,1-2H3/t19-,20-,21-/m1/s1. The van der Waals surface area contributed by atoms with Gasteiger partial charge in [0, 0.05) is 24.4 Å². The van der Waals surface area contributed by atoms with Gasteiger partial charge in [0.2, 0.25) is 5.91 Å². The van der Waals surface area contributed by atoms with Crippen LogP contribution in [0.1, 0.15) is 38.2 Å². The van der Waals surface area contributed by atoms with Gasteiger partial charge in [-0.1, -0.05) is 18.2 Å². The molecule has 4 aliphatic rings. The van der Waals surface area contributed by atoms with Crippen LogP contribution in [0.5, 0.6) is 0 Å². The Morgan fingerprint density at radius 3 is 2.78 bits per heavy atom. The van der Waals surface area contributed by atoms with E-state index >= 15 is 0 Å². The van der Waals surface area contributed by atoms with Gasteiger partial charge in [0.15, 0.2) is 0 Å². The van der Waals surface area contributed by atoms with Crippen molar-refractivity contribution in [3.8, 4) is 0 Å². The number of rotatable bonds is 2. The number of ketones is 1. The Bertz CT molecular complexity index is 936. The summed E-state index contributed by atoms with van der Waals surface area (Å²) in [5.74, 6) is -0.228. The van der Waals surface area contributed by atoms with E-state index in [0.717, 1.165) is 16.9 Å². The average Bonchev–Trinajstić information content (AvgIpc) is 3.24. The molecule has 0 aromatic heterocycles. The number of ether oxygens (including phenoxy) is 1. The number of nitrogens with zero attached hydrogens (tertiary/aromatic N) is 1. The van der Waals surface area contributed by atoms with Gasteiger partial charge in [-0.3, -0.25) is 9.59 Å². The molecule has 6 nitrogen and oxygen atoms in total. The number of hydrogen-bond donors (Lipinski definition) is 1. The topological polar surface area (TPSA) is 75.7 Å². The molecule has 3 heterocycles. The number of hydrogen-bond acceptors (Lipinski definition) is 5. The van der Waals surface area contributed by atoms with E-state index < -0.39 is 10.8 Å². The highest BCUT2D eigenvalue weighted by molar-refractivity contribution is 5.98. The van der Waals surface area contributed by atoms with Crippen LogP contribution in [0, 0.1) is 5.41 Å². The average molecular weight is 366 g/mol.